The van der Waals surface area contributed by atoms with E-state index in [-0.39, 0.29) is 5.56 Å². The standard InChI is InChI=1S/C11H10BrNO4/c12-8-4-7(10(14)15)5-9(6-8)13-2-1-3-17-11(13)16/h4-6H,1-3H2,(H,14,15). The van der Waals surface area contributed by atoms with Crippen LogP contribution in [0.1, 0.15) is 16.8 Å². The van der Waals surface area contributed by atoms with Crippen LogP contribution >= 0.6 is 15.9 Å². The number of nitrogens with zero attached hydrogens (tertiary/aromatic N) is 1. The first-order valence-corrected chi connectivity index (χ1v) is 5.85. The molecule has 1 aromatic carbocycles. The van der Waals surface area contributed by atoms with E-state index in [2.05, 4.69) is 15.9 Å². The highest BCUT2D eigenvalue weighted by atomic mass is 79.9. The van der Waals surface area contributed by atoms with Crippen LogP contribution in [0, 0.1) is 0 Å². The molecule has 1 aromatic rings. The number of anilines is 1. The molecule has 2 rings (SSSR count). The minimum atomic E-state index is -1.03. The van der Waals surface area contributed by atoms with Crippen molar-refractivity contribution in [3.63, 3.8) is 0 Å². The summed E-state index contributed by atoms with van der Waals surface area (Å²) in [5.74, 6) is -1.03. The molecule has 6 heteroatoms. The van der Waals surface area contributed by atoms with Crippen molar-refractivity contribution in [1.82, 2.24) is 0 Å². The number of aromatic carboxylic acids is 1. The number of carbonyl (C=O) groups excluding carboxylic acids is 1. The normalized spacial score (nSPS) is 15.6. The Morgan fingerprint density at radius 2 is 2.18 bits per heavy atom. The monoisotopic (exact) mass is 299 g/mol. The third-order valence-electron chi connectivity index (χ3n) is 2.41. The largest absolute Gasteiger partial charge is 0.478 e. The third kappa shape index (κ3) is 2.58. The average Bonchev–Trinajstić information content (AvgIpc) is 2.28. The van der Waals surface area contributed by atoms with Crippen LogP contribution in [0.4, 0.5) is 10.5 Å². The molecule has 0 radical (unpaired) electrons. The molecule has 0 aliphatic carbocycles. The predicted molar refractivity (Wildman–Crippen MR) is 64.4 cm³/mol. The van der Waals surface area contributed by atoms with Gasteiger partial charge >= 0.3 is 12.1 Å². The summed E-state index contributed by atoms with van der Waals surface area (Å²) >= 11 is 3.23. The zero-order chi connectivity index (χ0) is 12.4. The van der Waals surface area contributed by atoms with Crippen LogP contribution in [0.5, 0.6) is 0 Å². The van der Waals surface area contributed by atoms with E-state index >= 15 is 0 Å². The number of carboxylic acids is 1. The Hall–Kier alpha value is -1.56. The van der Waals surface area contributed by atoms with Gasteiger partial charge in [0.25, 0.3) is 0 Å². The van der Waals surface area contributed by atoms with Crippen molar-refractivity contribution in [3.05, 3.63) is 28.2 Å². The molecule has 0 bridgehead atoms. The second kappa shape index (κ2) is 4.75. The van der Waals surface area contributed by atoms with Gasteiger partial charge in [0.05, 0.1) is 12.2 Å². The van der Waals surface area contributed by atoms with Crippen molar-refractivity contribution in [3.8, 4) is 0 Å². The maximum Gasteiger partial charge on any atom is 0.414 e. The first kappa shape index (κ1) is 11.9. The van der Waals surface area contributed by atoms with Gasteiger partial charge in [0.1, 0.15) is 0 Å². The molecule has 0 atom stereocenters. The molecule has 1 aliphatic heterocycles. The molecule has 0 unspecified atom stereocenters. The van der Waals surface area contributed by atoms with Crippen molar-refractivity contribution >= 4 is 33.7 Å². The highest BCUT2D eigenvalue weighted by molar-refractivity contribution is 9.10. The Kier molecular flexibility index (Phi) is 3.33. The van der Waals surface area contributed by atoms with E-state index < -0.39 is 12.1 Å². The maximum absolute atomic E-state index is 11.5. The number of benzene rings is 1. The van der Waals surface area contributed by atoms with Crippen LogP contribution in [-0.2, 0) is 4.74 Å². The molecule has 1 amide bonds. The summed E-state index contributed by atoms with van der Waals surface area (Å²) < 4.78 is 5.53. The summed E-state index contributed by atoms with van der Waals surface area (Å²) in [5.41, 5.74) is 0.661. The fraction of sp³-hybridized carbons (Fsp3) is 0.273. The number of amides is 1. The van der Waals surface area contributed by atoms with E-state index in [1.165, 1.54) is 17.0 Å². The number of rotatable bonds is 2. The van der Waals surface area contributed by atoms with Gasteiger partial charge in [-0.1, -0.05) is 15.9 Å². The van der Waals surface area contributed by atoms with E-state index in [4.69, 9.17) is 9.84 Å². The number of halogens is 1. The molecule has 0 saturated carbocycles. The zero-order valence-corrected chi connectivity index (χ0v) is 10.4. The SMILES string of the molecule is O=C(O)c1cc(Br)cc(N2CCCOC2=O)c1. The molecule has 1 saturated heterocycles. The number of carbonyl (C=O) groups is 2. The van der Waals surface area contributed by atoms with Gasteiger partial charge in [-0.15, -0.1) is 0 Å². The summed E-state index contributed by atoms with van der Waals surface area (Å²) in [6.07, 6.45) is 0.298. The topological polar surface area (TPSA) is 66.8 Å². The second-order valence-electron chi connectivity index (χ2n) is 3.62. The first-order valence-electron chi connectivity index (χ1n) is 5.06. The lowest BCUT2D eigenvalue weighted by Crippen LogP contribution is -2.37. The van der Waals surface area contributed by atoms with Crippen LogP contribution in [0.3, 0.4) is 0 Å². The van der Waals surface area contributed by atoms with Crippen molar-refractivity contribution in [2.24, 2.45) is 0 Å². The van der Waals surface area contributed by atoms with Gasteiger partial charge in [-0.2, -0.15) is 0 Å². The van der Waals surface area contributed by atoms with E-state index in [0.29, 0.717) is 23.3 Å². The summed E-state index contributed by atoms with van der Waals surface area (Å²) in [6.45, 7) is 0.948. The molecule has 1 N–H and O–H groups in total. The van der Waals surface area contributed by atoms with Crippen LogP contribution in [0.15, 0.2) is 22.7 Å². The number of hydrogen-bond acceptors (Lipinski definition) is 3. The van der Waals surface area contributed by atoms with Crippen LogP contribution in [0.25, 0.3) is 0 Å². The molecule has 0 aromatic heterocycles. The first-order chi connectivity index (χ1) is 8.08. The van der Waals surface area contributed by atoms with Gasteiger partial charge in [0, 0.05) is 16.7 Å². The maximum atomic E-state index is 11.5. The Balaban J connectivity index is 2.37. The molecule has 5 nitrogen and oxygen atoms in total. The lowest BCUT2D eigenvalue weighted by molar-refractivity contribution is 0.0696. The fourth-order valence-electron chi connectivity index (χ4n) is 1.64. The molecular weight excluding hydrogens is 290 g/mol. The Labute approximate surface area is 106 Å². The summed E-state index contributed by atoms with van der Waals surface area (Å²) in [6, 6.07) is 4.64. The fourth-order valence-corrected chi connectivity index (χ4v) is 2.12. The smallest absolute Gasteiger partial charge is 0.414 e. The van der Waals surface area contributed by atoms with Gasteiger partial charge in [-0.3, -0.25) is 4.90 Å². The van der Waals surface area contributed by atoms with Gasteiger partial charge in [0.15, 0.2) is 0 Å². The van der Waals surface area contributed by atoms with Gasteiger partial charge in [-0.05, 0) is 24.6 Å². The zero-order valence-electron chi connectivity index (χ0n) is 8.85. The summed E-state index contributed by atoms with van der Waals surface area (Å²) in [4.78, 5) is 23.9. The van der Waals surface area contributed by atoms with E-state index in [0.717, 1.165) is 6.42 Å². The highest BCUT2D eigenvalue weighted by Crippen LogP contribution is 2.25. The van der Waals surface area contributed by atoms with Crippen molar-refractivity contribution in [2.45, 2.75) is 6.42 Å². The molecule has 1 aliphatic rings. The van der Waals surface area contributed by atoms with Crippen LogP contribution in [-0.4, -0.2) is 30.3 Å². The molecule has 1 heterocycles. The summed E-state index contributed by atoms with van der Waals surface area (Å²) in [5, 5.41) is 8.94. The predicted octanol–water partition coefficient (Wildman–Crippen LogP) is 2.49. The van der Waals surface area contributed by atoms with E-state index in [1.807, 2.05) is 0 Å². The molecule has 90 valence electrons. The molecule has 17 heavy (non-hydrogen) atoms. The van der Waals surface area contributed by atoms with Crippen LogP contribution < -0.4 is 4.90 Å². The minimum absolute atomic E-state index is 0.132. The molecular formula is C11H10BrNO4. The highest BCUT2D eigenvalue weighted by Gasteiger charge is 2.22. The Morgan fingerprint density at radius 1 is 1.41 bits per heavy atom. The lowest BCUT2D eigenvalue weighted by atomic mass is 10.2. The van der Waals surface area contributed by atoms with Crippen molar-refractivity contribution in [1.29, 1.82) is 0 Å². The summed E-state index contributed by atoms with van der Waals surface area (Å²) in [7, 11) is 0. The number of ether oxygens (including phenoxy) is 1. The molecule has 0 spiro atoms. The average molecular weight is 300 g/mol. The molecule has 1 fully saturated rings. The number of cyclic esters (lactones) is 1. The van der Waals surface area contributed by atoms with Crippen molar-refractivity contribution in [2.75, 3.05) is 18.1 Å². The van der Waals surface area contributed by atoms with Gasteiger partial charge in [-0.25, -0.2) is 9.59 Å². The Morgan fingerprint density at radius 3 is 2.82 bits per heavy atom. The Bertz CT molecular complexity index is 475. The van der Waals surface area contributed by atoms with E-state index in [1.54, 1.807) is 6.07 Å². The lowest BCUT2D eigenvalue weighted by Gasteiger charge is -2.26. The van der Waals surface area contributed by atoms with Gasteiger partial charge < -0.3 is 9.84 Å². The van der Waals surface area contributed by atoms with Gasteiger partial charge in [0.2, 0.25) is 0 Å². The van der Waals surface area contributed by atoms with Crippen LogP contribution in [0.2, 0.25) is 0 Å². The minimum Gasteiger partial charge on any atom is -0.478 e. The number of hydrogen-bond donors (Lipinski definition) is 1. The van der Waals surface area contributed by atoms with E-state index in [9.17, 15) is 9.59 Å². The quantitative estimate of drug-likeness (QED) is 0.911. The number of carboxylic acid groups (broad SMARTS) is 1. The third-order valence-corrected chi connectivity index (χ3v) is 2.87. The van der Waals surface area contributed by atoms with Crippen molar-refractivity contribution < 1.29 is 19.4 Å². The second-order valence-corrected chi connectivity index (χ2v) is 4.54.